The molecule has 0 aliphatic carbocycles. The molecule has 1 nitrogen and oxygen atoms in total. The van der Waals surface area contributed by atoms with Gasteiger partial charge >= 0.3 is 0 Å². The largest absolute Gasteiger partial charge is 0.388 e. The predicted octanol–water partition coefficient (Wildman–Crippen LogP) is 4.71. The van der Waals surface area contributed by atoms with Crippen LogP contribution in [0, 0.1) is 12.7 Å². The van der Waals surface area contributed by atoms with Gasteiger partial charge in [-0.2, -0.15) is 0 Å². The van der Waals surface area contributed by atoms with Crippen LogP contribution in [0.25, 0.3) is 0 Å². The monoisotopic (exact) mass is 286 g/mol. The summed E-state index contributed by atoms with van der Waals surface area (Å²) in [6, 6.07) is 13.3. The molecule has 1 atom stereocenters. The standard InChI is InChI=1S/C19H23FO/c1-13-6-5-7-16(18(13)20)17(21)12-14-8-10-15(11-9-14)19(2,3)4/h5-11,17,21H,12H2,1-4H3. The average Bonchev–Trinajstić information content (AvgIpc) is 2.41. The van der Waals surface area contributed by atoms with Gasteiger partial charge in [0.1, 0.15) is 5.82 Å². The van der Waals surface area contributed by atoms with Gasteiger partial charge in [0.05, 0.1) is 6.10 Å². The summed E-state index contributed by atoms with van der Waals surface area (Å²) in [7, 11) is 0. The highest BCUT2D eigenvalue weighted by Crippen LogP contribution is 2.25. The molecule has 0 amide bonds. The average molecular weight is 286 g/mol. The van der Waals surface area contributed by atoms with Crippen LogP contribution in [0.15, 0.2) is 42.5 Å². The van der Waals surface area contributed by atoms with Gasteiger partial charge in [-0.05, 0) is 29.0 Å². The molecule has 0 aliphatic heterocycles. The maximum atomic E-state index is 14.0. The summed E-state index contributed by atoms with van der Waals surface area (Å²) in [6.07, 6.45) is -0.393. The van der Waals surface area contributed by atoms with E-state index in [0.717, 1.165) is 5.56 Å². The third kappa shape index (κ3) is 3.70. The Bertz CT molecular complexity index is 608. The fourth-order valence-electron chi connectivity index (χ4n) is 2.40. The van der Waals surface area contributed by atoms with Crippen LogP contribution in [0.1, 0.15) is 49.1 Å². The number of hydrogen-bond acceptors (Lipinski definition) is 1. The van der Waals surface area contributed by atoms with E-state index in [2.05, 4.69) is 32.9 Å². The summed E-state index contributed by atoms with van der Waals surface area (Å²) < 4.78 is 14.0. The molecular formula is C19H23FO. The summed E-state index contributed by atoms with van der Waals surface area (Å²) in [4.78, 5) is 0. The number of aliphatic hydroxyl groups excluding tert-OH is 1. The molecule has 1 N–H and O–H groups in total. The van der Waals surface area contributed by atoms with E-state index < -0.39 is 6.10 Å². The first-order chi connectivity index (χ1) is 9.79. The molecule has 2 heteroatoms. The van der Waals surface area contributed by atoms with Crippen molar-refractivity contribution < 1.29 is 9.50 Å². The zero-order valence-corrected chi connectivity index (χ0v) is 13.2. The second kappa shape index (κ2) is 5.98. The molecule has 0 aromatic heterocycles. The second-order valence-electron chi connectivity index (χ2n) is 6.64. The van der Waals surface area contributed by atoms with E-state index >= 15 is 0 Å². The number of rotatable bonds is 3. The molecule has 0 saturated heterocycles. The number of halogens is 1. The van der Waals surface area contributed by atoms with E-state index in [1.807, 2.05) is 12.1 Å². The van der Waals surface area contributed by atoms with Crippen LogP contribution in [0.5, 0.6) is 0 Å². The van der Waals surface area contributed by atoms with Gasteiger partial charge in [-0.15, -0.1) is 0 Å². The van der Waals surface area contributed by atoms with Gasteiger partial charge < -0.3 is 5.11 Å². The van der Waals surface area contributed by atoms with Crippen molar-refractivity contribution in [1.29, 1.82) is 0 Å². The molecule has 2 rings (SSSR count). The Morgan fingerprint density at radius 2 is 1.67 bits per heavy atom. The zero-order valence-electron chi connectivity index (χ0n) is 13.2. The van der Waals surface area contributed by atoms with E-state index in [1.165, 1.54) is 5.56 Å². The zero-order chi connectivity index (χ0) is 15.6. The highest BCUT2D eigenvalue weighted by atomic mass is 19.1. The second-order valence-corrected chi connectivity index (χ2v) is 6.64. The highest BCUT2D eigenvalue weighted by molar-refractivity contribution is 5.31. The van der Waals surface area contributed by atoms with Gasteiger partial charge in [-0.25, -0.2) is 4.39 Å². The fourth-order valence-corrected chi connectivity index (χ4v) is 2.40. The summed E-state index contributed by atoms with van der Waals surface area (Å²) in [5, 5.41) is 10.3. The molecule has 0 radical (unpaired) electrons. The Kier molecular flexibility index (Phi) is 4.48. The Hall–Kier alpha value is -1.67. The van der Waals surface area contributed by atoms with Crippen molar-refractivity contribution in [1.82, 2.24) is 0 Å². The van der Waals surface area contributed by atoms with E-state index in [0.29, 0.717) is 17.5 Å². The minimum absolute atomic E-state index is 0.111. The van der Waals surface area contributed by atoms with Crippen LogP contribution in [-0.2, 0) is 11.8 Å². The normalized spacial score (nSPS) is 13.2. The van der Waals surface area contributed by atoms with Gasteiger partial charge in [0.25, 0.3) is 0 Å². The summed E-state index contributed by atoms with van der Waals surface area (Å²) in [6.45, 7) is 8.21. The predicted molar refractivity (Wildman–Crippen MR) is 84.9 cm³/mol. The highest BCUT2D eigenvalue weighted by Gasteiger charge is 2.16. The van der Waals surface area contributed by atoms with Crippen molar-refractivity contribution in [2.24, 2.45) is 0 Å². The SMILES string of the molecule is Cc1cccc(C(O)Cc2ccc(C(C)(C)C)cc2)c1F. The van der Waals surface area contributed by atoms with Crippen molar-refractivity contribution in [2.75, 3.05) is 0 Å². The van der Waals surface area contributed by atoms with E-state index in [9.17, 15) is 9.50 Å². The van der Waals surface area contributed by atoms with Gasteiger partial charge in [0.2, 0.25) is 0 Å². The first kappa shape index (κ1) is 15.7. The lowest BCUT2D eigenvalue weighted by molar-refractivity contribution is 0.173. The summed E-state index contributed by atoms with van der Waals surface area (Å²) in [5.41, 5.74) is 3.31. The Morgan fingerprint density at radius 3 is 2.24 bits per heavy atom. The van der Waals surface area contributed by atoms with Crippen LogP contribution in [0.4, 0.5) is 4.39 Å². The Balaban J connectivity index is 2.16. The molecule has 0 heterocycles. The molecule has 21 heavy (non-hydrogen) atoms. The van der Waals surface area contributed by atoms with Crippen LogP contribution in [0.3, 0.4) is 0 Å². The lowest BCUT2D eigenvalue weighted by atomic mass is 9.86. The van der Waals surface area contributed by atoms with Crippen LogP contribution < -0.4 is 0 Å². The molecule has 1 unspecified atom stereocenters. The minimum atomic E-state index is -0.814. The fraction of sp³-hybridized carbons (Fsp3) is 0.368. The van der Waals surface area contributed by atoms with Crippen molar-refractivity contribution >= 4 is 0 Å². The van der Waals surface area contributed by atoms with Crippen LogP contribution in [-0.4, -0.2) is 5.11 Å². The number of aliphatic hydroxyl groups is 1. The maximum absolute atomic E-state index is 14.0. The topological polar surface area (TPSA) is 20.2 Å². The molecule has 0 fully saturated rings. The molecule has 0 saturated carbocycles. The van der Waals surface area contributed by atoms with Crippen molar-refractivity contribution in [3.05, 3.63) is 70.5 Å². The first-order valence-electron chi connectivity index (χ1n) is 7.31. The quantitative estimate of drug-likeness (QED) is 0.866. The summed E-state index contributed by atoms with van der Waals surface area (Å²) >= 11 is 0. The lowest BCUT2D eigenvalue weighted by Gasteiger charge is -2.19. The van der Waals surface area contributed by atoms with Gasteiger partial charge in [0.15, 0.2) is 0 Å². The molecule has 0 aliphatic rings. The molecule has 112 valence electrons. The van der Waals surface area contributed by atoms with Gasteiger partial charge in [-0.3, -0.25) is 0 Å². The third-order valence-corrected chi connectivity index (χ3v) is 3.83. The molecule has 2 aromatic rings. The third-order valence-electron chi connectivity index (χ3n) is 3.83. The Morgan fingerprint density at radius 1 is 1.05 bits per heavy atom. The summed E-state index contributed by atoms with van der Waals surface area (Å²) in [5.74, 6) is -0.309. The minimum Gasteiger partial charge on any atom is -0.388 e. The van der Waals surface area contributed by atoms with E-state index in [1.54, 1.807) is 25.1 Å². The van der Waals surface area contributed by atoms with Crippen molar-refractivity contribution in [3.8, 4) is 0 Å². The number of benzene rings is 2. The van der Waals surface area contributed by atoms with Crippen molar-refractivity contribution in [2.45, 2.75) is 45.6 Å². The maximum Gasteiger partial charge on any atom is 0.131 e. The first-order valence-corrected chi connectivity index (χ1v) is 7.31. The molecule has 2 aromatic carbocycles. The molecular weight excluding hydrogens is 263 g/mol. The molecule has 0 spiro atoms. The van der Waals surface area contributed by atoms with Gasteiger partial charge in [0, 0.05) is 12.0 Å². The van der Waals surface area contributed by atoms with Gasteiger partial charge in [-0.1, -0.05) is 63.2 Å². The lowest BCUT2D eigenvalue weighted by Crippen LogP contribution is -2.11. The molecule has 0 bridgehead atoms. The van der Waals surface area contributed by atoms with E-state index in [-0.39, 0.29) is 11.2 Å². The van der Waals surface area contributed by atoms with Crippen molar-refractivity contribution in [3.63, 3.8) is 0 Å². The Labute approximate surface area is 126 Å². The number of aryl methyl sites for hydroxylation is 1. The van der Waals surface area contributed by atoms with Crippen LogP contribution >= 0.6 is 0 Å². The smallest absolute Gasteiger partial charge is 0.131 e. The number of hydrogen-bond donors (Lipinski definition) is 1. The van der Waals surface area contributed by atoms with Crippen LogP contribution in [0.2, 0.25) is 0 Å². The van der Waals surface area contributed by atoms with E-state index in [4.69, 9.17) is 0 Å².